The summed E-state index contributed by atoms with van der Waals surface area (Å²) in [7, 11) is 0. The minimum absolute atomic E-state index is 0.0298. The normalized spacial score (nSPS) is 18.3. The molecule has 0 saturated carbocycles. The van der Waals surface area contributed by atoms with Gasteiger partial charge in [-0.15, -0.1) is 0 Å². The molecule has 1 aliphatic rings. The predicted molar refractivity (Wildman–Crippen MR) is 59.3 cm³/mol. The van der Waals surface area contributed by atoms with Crippen molar-refractivity contribution in [3.63, 3.8) is 0 Å². The van der Waals surface area contributed by atoms with E-state index in [0.717, 1.165) is 0 Å². The van der Waals surface area contributed by atoms with Crippen LogP contribution in [0.2, 0.25) is 0 Å². The van der Waals surface area contributed by atoms with Crippen LogP contribution < -0.4 is 0 Å². The van der Waals surface area contributed by atoms with E-state index in [0.29, 0.717) is 13.2 Å². The topological polar surface area (TPSA) is 18.5 Å². The molecule has 15 heavy (non-hydrogen) atoms. The molecule has 1 aromatic carbocycles. The van der Waals surface area contributed by atoms with Gasteiger partial charge in [-0.05, 0) is 11.1 Å². The minimum atomic E-state index is -0.120. The Morgan fingerprint density at radius 1 is 1.00 bits per heavy atom. The zero-order valence-corrected chi connectivity index (χ0v) is 9.62. The molecule has 0 unspecified atom stereocenters. The maximum atomic E-state index is 5.77. The molecule has 2 heteroatoms. The van der Waals surface area contributed by atoms with Crippen molar-refractivity contribution >= 4 is 0 Å². The summed E-state index contributed by atoms with van der Waals surface area (Å²) in [5.41, 5.74) is 2.51. The van der Waals surface area contributed by atoms with Gasteiger partial charge in [-0.2, -0.15) is 0 Å². The van der Waals surface area contributed by atoms with Crippen LogP contribution in [0.3, 0.4) is 0 Å². The van der Waals surface area contributed by atoms with Crippen LogP contribution in [0.5, 0.6) is 0 Å². The number of hydrogen-bond acceptors (Lipinski definition) is 2. The van der Waals surface area contributed by atoms with Crippen LogP contribution in [0.4, 0.5) is 0 Å². The fraction of sp³-hybridized carbons (Fsp3) is 0.538. The minimum Gasteiger partial charge on any atom is -0.347 e. The first-order valence-electron chi connectivity index (χ1n) is 5.37. The van der Waals surface area contributed by atoms with Crippen molar-refractivity contribution < 1.29 is 9.47 Å². The molecule has 1 heterocycles. The maximum Gasteiger partial charge on any atom is 0.163 e. The molecule has 0 aromatic heterocycles. The molecule has 0 saturated heterocycles. The van der Waals surface area contributed by atoms with Crippen LogP contribution in [-0.2, 0) is 22.7 Å². The average molecular weight is 206 g/mol. The molecule has 0 atom stereocenters. The van der Waals surface area contributed by atoms with Crippen molar-refractivity contribution in [2.24, 2.45) is 5.41 Å². The number of rotatable bonds is 0. The number of ether oxygens (including phenoxy) is 2. The van der Waals surface area contributed by atoms with E-state index in [1.165, 1.54) is 11.1 Å². The molecule has 0 bridgehead atoms. The summed E-state index contributed by atoms with van der Waals surface area (Å²) in [6.45, 7) is 7.70. The lowest BCUT2D eigenvalue weighted by atomic mass is 9.96. The summed E-state index contributed by atoms with van der Waals surface area (Å²) in [6.07, 6.45) is -0.120. The Bertz CT molecular complexity index is 312. The summed E-state index contributed by atoms with van der Waals surface area (Å²) in [5, 5.41) is 0. The number of fused-ring (bicyclic) bond motifs is 1. The molecule has 0 radical (unpaired) electrons. The summed E-state index contributed by atoms with van der Waals surface area (Å²) < 4.78 is 11.5. The van der Waals surface area contributed by atoms with E-state index in [9.17, 15) is 0 Å². The predicted octanol–water partition coefficient (Wildman–Crippen LogP) is 3.11. The van der Waals surface area contributed by atoms with Gasteiger partial charge in [-0.1, -0.05) is 45.0 Å². The van der Waals surface area contributed by atoms with Crippen molar-refractivity contribution in [2.75, 3.05) is 0 Å². The second-order valence-corrected chi connectivity index (χ2v) is 5.09. The Balaban J connectivity index is 2.15. The Labute approximate surface area is 91.2 Å². The second-order valence-electron chi connectivity index (χ2n) is 5.09. The van der Waals surface area contributed by atoms with Crippen molar-refractivity contribution in [1.82, 2.24) is 0 Å². The lowest BCUT2D eigenvalue weighted by molar-refractivity contribution is -0.200. The summed E-state index contributed by atoms with van der Waals surface area (Å²) in [6, 6.07) is 8.28. The SMILES string of the molecule is CC(C)(C)C1OCc2ccccc2CO1. The van der Waals surface area contributed by atoms with Crippen molar-refractivity contribution in [2.45, 2.75) is 40.3 Å². The van der Waals surface area contributed by atoms with Crippen LogP contribution in [0, 0.1) is 5.41 Å². The molecule has 0 N–H and O–H groups in total. The standard InChI is InChI=1S/C13H18O2/c1-13(2,3)12-14-8-10-6-4-5-7-11(10)9-15-12/h4-7,12H,8-9H2,1-3H3. The summed E-state index contributed by atoms with van der Waals surface area (Å²) in [5.74, 6) is 0. The van der Waals surface area contributed by atoms with E-state index in [2.05, 4.69) is 32.9 Å². The Morgan fingerprint density at radius 3 is 1.87 bits per heavy atom. The molecule has 1 aliphatic heterocycles. The smallest absolute Gasteiger partial charge is 0.163 e. The maximum absolute atomic E-state index is 5.77. The summed E-state index contributed by atoms with van der Waals surface area (Å²) in [4.78, 5) is 0. The highest BCUT2D eigenvalue weighted by molar-refractivity contribution is 5.26. The van der Waals surface area contributed by atoms with Crippen LogP contribution in [0.1, 0.15) is 31.9 Å². The van der Waals surface area contributed by atoms with Crippen molar-refractivity contribution in [3.05, 3.63) is 35.4 Å². The van der Waals surface area contributed by atoms with Gasteiger partial charge in [0, 0.05) is 5.41 Å². The molecular formula is C13H18O2. The largest absolute Gasteiger partial charge is 0.347 e. The van der Waals surface area contributed by atoms with Gasteiger partial charge in [0.2, 0.25) is 0 Å². The van der Waals surface area contributed by atoms with Crippen LogP contribution in [0.25, 0.3) is 0 Å². The number of benzene rings is 1. The van der Waals surface area contributed by atoms with E-state index >= 15 is 0 Å². The van der Waals surface area contributed by atoms with Crippen molar-refractivity contribution in [1.29, 1.82) is 0 Å². The first kappa shape index (κ1) is 10.7. The zero-order valence-electron chi connectivity index (χ0n) is 9.62. The van der Waals surface area contributed by atoms with Gasteiger partial charge in [0.1, 0.15) is 0 Å². The third kappa shape index (κ3) is 2.39. The molecular weight excluding hydrogens is 188 g/mol. The molecule has 82 valence electrons. The van der Waals surface area contributed by atoms with E-state index in [4.69, 9.17) is 9.47 Å². The second kappa shape index (κ2) is 3.95. The van der Waals surface area contributed by atoms with E-state index in [-0.39, 0.29) is 11.7 Å². The molecule has 0 spiro atoms. The highest BCUT2D eigenvalue weighted by Crippen LogP contribution is 2.28. The Hall–Kier alpha value is -0.860. The molecule has 2 rings (SSSR count). The zero-order chi connectivity index (χ0) is 10.9. The van der Waals surface area contributed by atoms with Crippen LogP contribution in [-0.4, -0.2) is 6.29 Å². The van der Waals surface area contributed by atoms with E-state index < -0.39 is 0 Å². The first-order chi connectivity index (χ1) is 7.07. The number of hydrogen-bond donors (Lipinski definition) is 0. The molecule has 0 aliphatic carbocycles. The van der Waals surface area contributed by atoms with Gasteiger partial charge < -0.3 is 9.47 Å². The molecule has 2 nitrogen and oxygen atoms in total. The van der Waals surface area contributed by atoms with Crippen LogP contribution >= 0.6 is 0 Å². The van der Waals surface area contributed by atoms with Gasteiger partial charge >= 0.3 is 0 Å². The molecule has 0 amide bonds. The molecule has 1 aromatic rings. The Kier molecular flexibility index (Phi) is 2.81. The summed E-state index contributed by atoms with van der Waals surface area (Å²) >= 11 is 0. The first-order valence-corrected chi connectivity index (χ1v) is 5.37. The van der Waals surface area contributed by atoms with E-state index in [1.54, 1.807) is 0 Å². The van der Waals surface area contributed by atoms with Crippen molar-refractivity contribution in [3.8, 4) is 0 Å². The van der Waals surface area contributed by atoms with E-state index in [1.807, 2.05) is 12.1 Å². The monoisotopic (exact) mass is 206 g/mol. The quantitative estimate of drug-likeness (QED) is 0.649. The fourth-order valence-corrected chi connectivity index (χ4v) is 1.72. The third-order valence-corrected chi connectivity index (χ3v) is 2.61. The Morgan fingerprint density at radius 2 is 1.47 bits per heavy atom. The highest BCUT2D eigenvalue weighted by Gasteiger charge is 2.28. The van der Waals surface area contributed by atoms with Gasteiger partial charge in [0.05, 0.1) is 13.2 Å². The molecule has 0 fully saturated rings. The van der Waals surface area contributed by atoms with Gasteiger partial charge in [-0.3, -0.25) is 0 Å². The fourth-order valence-electron chi connectivity index (χ4n) is 1.72. The lowest BCUT2D eigenvalue weighted by Gasteiger charge is -2.28. The average Bonchev–Trinajstić information content (AvgIpc) is 2.38. The van der Waals surface area contributed by atoms with Gasteiger partial charge in [0.25, 0.3) is 0 Å². The third-order valence-electron chi connectivity index (χ3n) is 2.61. The highest BCUT2D eigenvalue weighted by atomic mass is 16.7. The van der Waals surface area contributed by atoms with Gasteiger partial charge in [0.15, 0.2) is 6.29 Å². The van der Waals surface area contributed by atoms with Crippen LogP contribution in [0.15, 0.2) is 24.3 Å². The lowest BCUT2D eigenvalue weighted by Crippen LogP contribution is -2.30. The van der Waals surface area contributed by atoms with Gasteiger partial charge in [-0.25, -0.2) is 0 Å².